The summed E-state index contributed by atoms with van der Waals surface area (Å²) in [6.07, 6.45) is 1.23. The van der Waals surface area contributed by atoms with Crippen molar-refractivity contribution in [3.05, 3.63) is 0 Å². The Morgan fingerprint density at radius 1 is 1.33 bits per heavy atom. The summed E-state index contributed by atoms with van der Waals surface area (Å²) in [4.78, 5) is 14.2. The minimum atomic E-state index is -0.406. The maximum absolute atomic E-state index is 12.2. The topological polar surface area (TPSA) is 46.3 Å². The number of hydrogen-bond donors (Lipinski definition) is 1. The van der Waals surface area contributed by atoms with E-state index in [1.165, 1.54) is 6.42 Å². The molecule has 0 radical (unpaired) electrons. The van der Waals surface area contributed by atoms with Gasteiger partial charge in [-0.05, 0) is 32.1 Å². The largest absolute Gasteiger partial charge is 0.342 e. The molecule has 0 spiro atoms. The quantitative estimate of drug-likeness (QED) is 0.753. The van der Waals surface area contributed by atoms with E-state index in [0.29, 0.717) is 18.4 Å². The lowest BCUT2D eigenvalue weighted by molar-refractivity contribution is -0.142. The molecule has 0 aromatic rings. The van der Waals surface area contributed by atoms with Gasteiger partial charge >= 0.3 is 0 Å². The van der Waals surface area contributed by atoms with Crippen LogP contribution in [0.5, 0.6) is 0 Å². The molecule has 0 aliphatic carbocycles. The lowest BCUT2D eigenvalue weighted by Gasteiger charge is -2.39. The Kier molecular flexibility index (Phi) is 3.77. The van der Waals surface area contributed by atoms with E-state index < -0.39 is 5.41 Å². The number of rotatable bonds is 2. The van der Waals surface area contributed by atoms with Crippen LogP contribution in [0, 0.1) is 17.3 Å². The molecule has 3 heteroatoms. The van der Waals surface area contributed by atoms with Crippen LogP contribution < -0.4 is 5.73 Å². The van der Waals surface area contributed by atoms with Gasteiger partial charge in [0.1, 0.15) is 0 Å². The molecule has 1 amide bonds. The number of likely N-dealkylation sites (tertiary alicyclic amines) is 1. The second kappa shape index (κ2) is 4.52. The Bertz CT molecular complexity index is 228. The predicted octanol–water partition coefficient (Wildman–Crippen LogP) is 1.48. The van der Waals surface area contributed by atoms with E-state index in [4.69, 9.17) is 5.73 Å². The number of carbonyl (C=O) groups excluding carboxylic acids is 1. The summed E-state index contributed by atoms with van der Waals surface area (Å²) in [6.45, 7) is 10.5. The monoisotopic (exact) mass is 212 g/mol. The summed E-state index contributed by atoms with van der Waals surface area (Å²) in [5.41, 5.74) is 5.23. The fourth-order valence-electron chi connectivity index (χ4n) is 2.34. The maximum Gasteiger partial charge on any atom is 0.229 e. The second-order valence-electron chi connectivity index (χ2n) is 5.74. The third-order valence-corrected chi connectivity index (χ3v) is 3.25. The Morgan fingerprint density at radius 2 is 1.80 bits per heavy atom. The number of nitrogens with zero attached hydrogens (tertiary/aromatic N) is 1. The van der Waals surface area contributed by atoms with Crippen molar-refractivity contribution in [3.8, 4) is 0 Å². The van der Waals surface area contributed by atoms with Gasteiger partial charge in [-0.1, -0.05) is 13.8 Å². The smallest absolute Gasteiger partial charge is 0.229 e. The van der Waals surface area contributed by atoms with Crippen molar-refractivity contribution in [2.45, 2.75) is 34.1 Å². The number of carbonyl (C=O) groups is 1. The van der Waals surface area contributed by atoms with Gasteiger partial charge in [-0.25, -0.2) is 0 Å². The molecule has 1 fully saturated rings. The van der Waals surface area contributed by atoms with Crippen LogP contribution >= 0.6 is 0 Å². The van der Waals surface area contributed by atoms with Crippen molar-refractivity contribution in [1.82, 2.24) is 4.90 Å². The number of hydrogen-bond acceptors (Lipinski definition) is 2. The van der Waals surface area contributed by atoms with Gasteiger partial charge in [0.25, 0.3) is 0 Å². The average molecular weight is 212 g/mol. The van der Waals surface area contributed by atoms with Gasteiger partial charge in [0, 0.05) is 19.6 Å². The maximum atomic E-state index is 12.2. The molecule has 88 valence electrons. The molecule has 3 nitrogen and oxygen atoms in total. The highest BCUT2D eigenvalue weighted by Crippen LogP contribution is 2.25. The lowest BCUT2D eigenvalue weighted by atomic mass is 9.87. The fourth-order valence-corrected chi connectivity index (χ4v) is 2.34. The predicted molar refractivity (Wildman–Crippen MR) is 62.4 cm³/mol. The van der Waals surface area contributed by atoms with Gasteiger partial charge in [0.2, 0.25) is 5.91 Å². The highest BCUT2D eigenvalue weighted by molar-refractivity contribution is 5.82. The fraction of sp³-hybridized carbons (Fsp3) is 0.917. The zero-order chi connectivity index (χ0) is 11.6. The molecule has 2 N–H and O–H groups in total. The van der Waals surface area contributed by atoms with Crippen LogP contribution in [-0.4, -0.2) is 30.4 Å². The zero-order valence-electron chi connectivity index (χ0n) is 10.4. The molecule has 15 heavy (non-hydrogen) atoms. The molecule has 0 unspecified atom stereocenters. The van der Waals surface area contributed by atoms with Crippen molar-refractivity contribution in [1.29, 1.82) is 0 Å². The average Bonchev–Trinajstić information content (AvgIpc) is 2.15. The van der Waals surface area contributed by atoms with Gasteiger partial charge < -0.3 is 10.6 Å². The first-order chi connectivity index (χ1) is 6.86. The van der Waals surface area contributed by atoms with E-state index in [1.807, 2.05) is 18.7 Å². The van der Waals surface area contributed by atoms with E-state index in [2.05, 4.69) is 13.8 Å². The first-order valence-electron chi connectivity index (χ1n) is 5.86. The summed E-state index contributed by atoms with van der Waals surface area (Å²) in [6, 6.07) is 0. The van der Waals surface area contributed by atoms with Crippen molar-refractivity contribution in [3.63, 3.8) is 0 Å². The van der Waals surface area contributed by atoms with E-state index in [9.17, 15) is 4.79 Å². The van der Waals surface area contributed by atoms with Gasteiger partial charge in [-0.2, -0.15) is 0 Å². The second-order valence-corrected chi connectivity index (χ2v) is 5.74. The number of nitrogens with two attached hydrogens (primary N) is 1. The summed E-state index contributed by atoms with van der Waals surface area (Å²) in [5.74, 6) is 1.45. The molecule has 0 saturated carbocycles. The highest BCUT2D eigenvalue weighted by Gasteiger charge is 2.34. The van der Waals surface area contributed by atoms with Crippen molar-refractivity contribution < 1.29 is 4.79 Å². The zero-order valence-corrected chi connectivity index (χ0v) is 10.4. The first kappa shape index (κ1) is 12.5. The highest BCUT2D eigenvalue weighted by atomic mass is 16.2. The molecule has 0 aromatic carbocycles. The van der Waals surface area contributed by atoms with Gasteiger partial charge in [0.05, 0.1) is 5.41 Å². The summed E-state index contributed by atoms with van der Waals surface area (Å²) >= 11 is 0. The standard InChI is InChI=1S/C12H24N2O/c1-9-5-10(2)7-14(6-9)11(15)12(3,4)8-13/h9-10H,5-8,13H2,1-4H3/t9-,10-/m0/s1. The molecule has 0 bridgehead atoms. The number of amides is 1. The lowest BCUT2D eigenvalue weighted by Crippen LogP contribution is -2.50. The molecule has 1 heterocycles. The van der Waals surface area contributed by atoms with Crippen molar-refractivity contribution in [2.24, 2.45) is 23.0 Å². The van der Waals surface area contributed by atoms with Crippen LogP contribution in [0.3, 0.4) is 0 Å². The molecule has 2 atom stereocenters. The first-order valence-corrected chi connectivity index (χ1v) is 5.86. The molecular formula is C12H24N2O. The van der Waals surface area contributed by atoms with Crippen molar-refractivity contribution >= 4 is 5.91 Å². The third kappa shape index (κ3) is 2.94. The van der Waals surface area contributed by atoms with Crippen LogP contribution in [0.4, 0.5) is 0 Å². The van der Waals surface area contributed by atoms with E-state index in [-0.39, 0.29) is 5.91 Å². The van der Waals surface area contributed by atoms with Crippen LogP contribution in [0.2, 0.25) is 0 Å². The Balaban J connectivity index is 2.67. The van der Waals surface area contributed by atoms with Crippen LogP contribution in [0.1, 0.15) is 34.1 Å². The van der Waals surface area contributed by atoms with Gasteiger partial charge in [-0.15, -0.1) is 0 Å². The minimum Gasteiger partial charge on any atom is -0.342 e. The molecular weight excluding hydrogens is 188 g/mol. The number of piperidine rings is 1. The SMILES string of the molecule is C[C@H]1C[C@H](C)CN(C(=O)C(C)(C)CN)C1. The van der Waals surface area contributed by atoms with Crippen LogP contribution in [0.25, 0.3) is 0 Å². The Labute approximate surface area is 93.0 Å². The van der Waals surface area contributed by atoms with E-state index in [1.54, 1.807) is 0 Å². The summed E-state index contributed by atoms with van der Waals surface area (Å²) in [5, 5.41) is 0. The van der Waals surface area contributed by atoms with Crippen LogP contribution in [0.15, 0.2) is 0 Å². The molecule has 1 aliphatic heterocycles. The summed E-state index contributed by atoms with van der Waals surface area (Å²) < 4.78 is 0. The summed E-state index contributed by atoms with van der Waals surface area (Å²) in [7, 11) is 0. The molecule has 1 aliphatic rings. The van der Waals surface area contributed by atoms with Gasteiger partial charge in [-0.3, -0.25) is 4.79 Å². The normalized spacial score (nSPS) is 27.9. The third-order valence-electron chi connectivity index (χ3n) is 3.25. The van der Waals surface area contributed by atoms with Crippen LogP contribution in [-0.2, 0) is 4.79 Å². The van der Waals surface area contributed by atoms with Gasteiger partial charge in [0.15, 0.2) is 0 Å². The van der Waals surface area contributed by atoms with E-state index >= 15 is 0 Å². The molecule has 0 aromatic heterocycles. The Hall–Kier alpha value is -0.570. The minimum absolute atomic E-state index is 0.211. The molecule has 1 rings (SSSR count). The molecule has 1 saturated heterocycles. The Morgan fingerprint density at radius 3 is 2.20 bits per heavy atom. The van der Waals surface area contributed by atoms with Crippen molar-refractivity contribution in [2.75, 3.05) is 19.6 Å². The van der Waals surface area contributed by atoms with E-state index in [0.717, 1.165) is 13.1 Å².